The summed E-state index contributed by atoms with van der Waals surface area (Å²) < 4.78 is 5.65. The summed E-state index contributed by atoms with van der Waals surface area (Å²) in [4.78, 5) is 10.6. The fourth-order valence-corrected chi connectivity index (χ4v) is 2.15. The molecular formula is C13H16O3. The van der Waals surface area contributed by atoms with Crippen LogP contribution in [0, 0.1) is 6.92 Å². The van der Waals surface area contributed by atoms with Gasteiger partial charge in [-0.05, 0) is 18.9 Å². The van der Waals surface area contributed by atoms with Crippen LogP contribution in [0.3, 0.4) is 0 Å². The van der Waals surface area contributed by atoms with Crippen LogP contribution in [0.25, 0.3) is 0 Å². The van der Waals surface area contributed by atoms with E-state index >= 15 is 0 Å². The number of carboxylic acids is 1. The minimum Gasteiger partial charge on any atom is -0.481 e. The lowest BCUT2D eigenvalue weighted by Crippen LogP contribution is -2.41. The van der Waals surface area contributed by atoms with Crippen molar-refractivity contribution < 1.29 is 14.6 Å². The number of carbonyl (C=O) groups is 1. The predicted molar refractivity (Wildman–Crippen MR) is 60.3 cm³/mol. The molecule has 1 fully saturated rings. The number of ether oxygens (including phenoxy) is 1. The lowest BCUT2D eigenvalue weighted by Gasteiger charge is -2.42. The van der Waals surface area contributed by atoms with Crippen molar-refractivity contribution in [1.82, 2.24) is 0 Å². The molecular weight excluding hydrogens is 204 g/mol. The van der Waals surface area contributed by atoms with Crippen LogP contribution < -0.4 is 0 Å². The quantitative estimate of drug-likeness (QED) is 0.847. The fourth-order valence-electron chi connectivity index (χ4n) is 2.15. The fraction of sp³-hybridized carbons (Fsp3) is 0.462. The Morgan fingerprint density at radius 2 is 2.31 bits per heavy atom. The minimum absolute atomic E-state index is 0.161. The van der Waals surface area contributed by atoms with Crippen molar-refractivity contribution in [3.8, 4) is 0 Å². The van der Waals surface area contributed by atoms with Crippen molar-refractivity contribution in [2.24, 2.45) is 0 Å². The maximum atomic E-state index is 10.6. The van der Waals surface area contributed by atoms with Gasteiger partial charge in [0.1, 0.15) is 0 Å². The van der Waals surface area contributed by atoms with Gasteiger partial charge in [0, 0.05) is 12.8 Å². The van der Waals surface area contributed by atoms with E-state index in [-0.39, 0.29) is 12.0 Å². The third-order valence-corrected chi connectivity index (χ3v) is 3.17. The first-order valence-corrected chi connectivity index (χ1v) is 5.55. The van der Waals surface area contributed by atoms with Crippen LogP contribution in [0.15, 0.2) is 24.3 Å². The molecule has 1 N–H and O–H groups in total. The molecule has 0 saturated carbocycles. The van der Waals surface area contributed by atoms with E-state index in [4.69, 9.17) is 9.84 Å². The van der Waals surface area contributed by atoms with E-state index in [1.807, 2.05) is 25.1 Å². The highest BCUT2D eigenvalue weighted by Gasteiger charge is 2.40. The van der Waals surface area contributed by atoms with Crippen LogP contribution in [-0.2, 0) is 15.1 Å². The van der Waals surface area contributed by atoms with E-state index in [2.05, 4.69) is 6.07 Å². The second-order valence-corrected chi connectivity index (χ2v) is 4.36. The van der Waals surface area contributed by atoms with E-state index in [1.54, 1.807) is 0 Å². The molecule has 2 rings (SSSR count). The number of benzene rings is 1. The Morgan fingerprint density at radius 1 is 1.56 bits per heavy atom. The van der Waals surface area contributed by atoms with Crippen molar-refractivity contribution in [3.05, 3.63) is 35.4 Å². The predicted octanol–water partition coefficient (Wildman–Crippen LogP) is 2.48. The Labute approximate surface area is 95.0 Å². The molecule has 1 aromatic carbocycles. The van der Waals surface area contributed by atoms with Crippen LogP contribution >= 0.6 is 0 Å². The van der Waals surface area contributed by atoms with E-state index in [0.717, 1.165) is 18.6 Å². The Kier molecular flexibility index (Phi) is 2.97. The van der Waals surface area contributed by atoms with Crippen LogP contribution in [0.5, 0.6) is 0 Å². The van der Waals surface area contributed by atoms with E-state index in [9.17, 15) is 4.79 Å². The Morgan fingerprint density at radius 3 is 2.81 bits per heavy atom. The second kappa shape index (κ2) is 4.26. The number of aliphatic carboxylic acids is 1. The molecule has 1 aromatic rings. The lowest BCUT2D eigenvalue weighted by atomic mass is 9.82. The molecule has 1 unspecified atom stereocenters. The summed E-state index contributed by atoms with van der Waals surface area (Å²) in [6.45, 7) is 2.76. The van der Waals surface area contributed by atoms with E-state index in [0.29, 0.717) is 6.42 Å². The monoisotopic (exact) mass is 220 g/mol. The molecule has 0 amide bonds. The minimum atomic E-state index is -0.762. The van der Waals surface area contributed by atoms with Gasteiger partial charge in [-0.15, -0.1) is 0 Å². The van der Waals surface area contributed by atoms with Crippen molar-refractivity contribution in [2.45, 2.75) is 31.8 Å². The molecule has 1 saturated heterocycles. The van der Waals surface area contributed by atoms with Crippen molar-refractivity contribution >= 4 is 5.97 Å². The molecule has 0 aromatic heterocycles. The summed E-state index contributed by atoms with van der Waals surface area (Å²) in [5.41, 5.74) is 1.95. The molecule has 1 aliphatic rings. The van der Waals surface area contributed by atoms with Crippen LogP contribution in [-0.4, -0.2) is 17.7 Å². The number of aryl methyl sites for hydroxylation is 1. The first-order chi connectivity index (χ1) is 7.62. The van der Waals surface area contributed by atoms with Gasteiger partial charge in [0.05, 0.1) is 12.2 Å². The van der Waals surface area contributed by atoms with Gasteiger partial charge in [-0.2, -0.15) is 0 Å². The normalized spacial score (nSPS) is 23.8. The van der Waals surface area contributed by atoms with Gasteiger partial charge in [-0.25, -0.2) is 0 Å². The van der Waals surface area contributed by atoms with Crippen LogP contribution in [0.2, 0.25) is 0 Å². The molecule has 0 aliphatic carbocycles. The van der Waals surface area contributed by atoms with E-state index < -0.39 is 5.97 Å². The molecule has 3 nitrogen and oxygen atoms in total. The lowest BCUT2D eigenvalue weighted by molar-refractivity contribution is -0.165. The molecule has 0 bridgehead atoms. The molecule has 0 spiro atoms. The van der Waals surface area contributed by atoms with Gasteiger partial charge in [-0.3, -0.25) is 4.79 Å². The Hall–Kier alpha value is -1.35. The Bertz CT molecular complexity index is 394. The first-order valence-electron chi connectivity index (χ1n) is 5.55. The summed E-state index contributed by atoms with van der Waals surface area (Å²) >= 11 is 0. The second-order valence-electron chi connectivity index (χ2n) is 4.36. The zero-order valence-corrected chi connectivity index (χ0v) is 9.40. The largest absolute Gasteiger partial charge is 0.481 e. The van der Waals surface area contributed by atoms with Gasteiger partial charge in [-0.1, -0.05) is 29.8 Å². The summed E-state index contributed by atoms with van der Waals surface area (Å²) in [6.07, 6.45) is 1.64. The van der Waals surface area contributed by atoms with Crippen molar-refractivity contribution in [1.29, 1.82) is 0 Å². The number of carboxylic acid groups (broad SMARTS) is 1. The van der Waals surface area contributed by atoms with Gasteiger partial charge in [0.25, 0.3) is 0 Å². The summed E-state index contributed by atoms with van der Waals surface area (Å²) in [7, 11) is 0. The number of hydrogen-bond acceptors (Lipinski definition) is 2. The maximum absolute atomic E-state index is 10.6. The summed E-state index contributed by atoms with van der Waals surface area (Å²) in [5, 5.41) is 8.74. The highest BCUT2D eigenvalue weighted by atomic mass is 16.5. The molecule has 1 atom stereocenters. The molecule has 1 aliphatic heterocycles. The van der Waals surface area contributed by atoms with Gasteiger partial charge < -0.3 is 9.84 Å². The molecule has 1 heterocycles. The van der Waals surface area contributed by atoms with Gasteiger partial charge in [0.2, 0.25) is 0 Å². The third-order valence-electron chi connectivity index (χ3n) is 3.17. The first kappa shape index (κ1) is 11.1. The van der Waals surface area contributed by atoms with Gasteiger partial charge in [0.15, 0.2) is 0 Å². The maximum Gasteiger partial charge on any atom is 0.303 e. The highest BCUT2D eigenvalue weighted by Crippen LogP contribution is 2.41. The standard InChI is InChI=1S/C13H16O3/c1-10-3-2-4-11(9-10)13(7-8-16-13)6-5-12(14)15/h2-4,9H,5-8H2,1H3,(H,14,15). The summed E-state index contributed by atoms with van der Waals surface area (Å²) in [6, 6.07) is 8.14. The average molecular weight is 220 g/mol. The number of hydrogen-bond donors (Lipinski definition) is 1. The topological polar surface area (TPSA) is 46.5 Å². The zero-order chi connectivity index (χ0) is 11.6. The third kappa shape index (κ3) is 2.09. The average Bonchev–Trinajstić information content (AvgIpc) is 2.15. The molecule has 86 valence electrons. The summed E-state index contributed by atoms with van der Waals surface area (Å²) in [5.74, 6) is -0.762. The van der Waals surface area contributed by atoms with Crippen molar-refractivity contribution in [2.75, 3.05) is 6.61 Å². The number of rotatable bonds is 4. The molecule has 0 radical (unpaired) electrons. The SMILES string of the molecule is Cc1cccc(C2(CCC(=O)O)CCO2)c1. The molecule has 3 heteroatoms. The van der Waals surface area contributed by atoms with Gasteiger partial charge >= 0.3 is 5.97 Å². The van der Waals surface area contributed by atoms with Crippen LogP contribution in [0.1, 0.15) is 30.4 Å². The molecule has 16 heavy (non-hydrogen) atoms. The smallest absolute Gasteiger partial charge is 0.303 e. The Balaban J connectivity index is 2.17. The van der Waals surface area contributed by atoms with E-state index in [1.165, 1.54) is 5.56 Å². The van der Waals surface area contributed by atoms with Crippen LogP contribution in [0.4, 0.5) is 0 Å². The van der Waals surface area contributed by atoms with Crippen molar-refractivity contribution in [3.63, 3.8) is 0 Å². The zero-order valence-electron chi connectivity index (χ0n) is 9.40. The highest BCUT2D eigenvalue weighted by molar-refractivity contribution is 5.66.